The second-order valence-electron chi connectivity index (χ2n) is 7.17. The van der Waals surface area contributed by atoms with E-state index in [4.69, 9.17) is 0 Å². The van der Waals surface area contributed by atoms with Crippen molar-refractivity contribution in [2.24, 2.45) is 0 Å². The zero-order valence-electron chi connectivity index (χ0n) is 14.9. The highest BCUT2D eigenvalue weighted by molar-refractivity contribution is 6.02. The zero-order chi connectivity index (χ0) is 19.3. The highest BCUT2D eigenvalue weighted by Gasteiger charge is 2.47. The van der Waals surface area contributed by atoms with Gasteiger partial charge in [0.2, 0.25) is 0 Å². The first kappa shape index (κ1) is 16.6. The number of pyridine rings is 1. The van der Waals surface area contributed by atoms with Gasteiger partial charge in [0.1, 0.15) is 18.1 Å². The molecule has 2 bridgehead atoms. The number of benzene rings is 1. The van der Waals surface area contributed by atoms with Crippen LogP contribution < -0.4 is 4.90 Å². The zero-order valence-corrected chi connectivity index (χ0v) is 14.9. The summed E-state index contributed by atoms with van der Waals surface area (Å²) in [6.07, 6.45) is 9.85. The second-order valence-corrected chi connectivity index (χ2v) is 7.17. The van der Waals surface area contributed by atoms with Crippen molar-refractivity contribution in [1.29, 1.82) is 0 Å². The SMILES string of the molecule is O=C1C=CC2C(c3ccccc3)C3=C(CC=C3)C1N2c1ccc([N+](=O)[O-])cn1. The molecule has 2 aliphatic heterocycles. The first-order valence-electron chi connectivity index (χ1n) is 9.20. The van der Waals surface area contributed by atoms with E-state index in [1.54, 1.807) is 12.1 Å². The van der Waals surface area contributed by atoms with Crippen LogP contribution in [0, 0.1) is 10.1 Å². The predicted molar refractivity (Wildman–Crippen MR) is 105 cm³/mol. The number of ketones is 1. The third kappa shape index (κ3) is 2.41. The van der Waals surface area contributed by atoms with Crippen molar-refractivity contribution in [3.8, 4) is 0 Å². The molecule has 0 radical (unpaired) electrons. The van der Waals surface area contributed by atoms with Crippen LogP contribution in [0.25, 0.3) is 0 Å². The Hall–Kier alpha value is -3.54. The highest BCUT2D eigenvalue weighted by atomic mass is 16.6. The lowest BCUT2D eigenvalue weighted by Crippen LogP contribution is -2.56. The van der Waals surface area contributed by atoms with E-state index in [1.807, 2.05) is 29.2 Å². The Morgan fingerprint density at radius 3 is 2.64 bits per heavy atom. The number of carbonyl (C=O) groups excluding carboxylic acids is 1. The van der Waals surface area contributed by atoms with Crippen LogP contribution in [0.4, 0.5) is 11.5 Å². The smallest absolute Gasteiger partial charge is 0.287 e. The van der Waals surface area contributed by atoms with Crippen LogP contribution >= 0.6 is 0 Å². The van der Waals surface area contributed by atoms with E-state index >= 15 is 0 Å². The summed E-state index contributed by atoms with van der Waals surface area (Å²) in [5, 5.41) is 11.0. The topological polar surface area (TPSA) is 76.3 Å². The number of anilines is 1. The summed E-state index contributed by atoms with van der Waals surface area (Å²) in [6, 6.07) is 12.8. The molecule has 0 saturated carbocycles. The summed E-state index contributed by atoms with van der Waals surface area (Å²) in [5.41, 5.74) is 3.42. The van der Waals surface area contributed by atoms with E-state index in [0.717, 1.165) is 12.0 Å². The van der Waals surface area contributed by atoms with Crippen molar-refractivity contribution in [2.45, 2.75) is 24.4 Å². The van der Waals surface area contributed by atoms with Gasteiger partial charge in [-0.1, -0.05) is 48.6 Å². The average molecular weight is 371 g/mol. The molecular formula is C22H17N3O3. The maximum Gasteiger partial charge on any atom is 0.287 e. The van der Waals surface area contributed by atoms with Crippen LogP contribution in [-0.4, -0.2) is 27.8 Å². The molecule has 1 aromatic carbocycles. The second kappa shape index (κ2) is 6.27. The fourth-order valence-corrected chi connectivity index (χ4v) is 4.55. The minimum atomic E-state index is -0.465. The summed E-state index contributed by atoms with van der Waals surface area (Å²) >= 11 is 0. The molecule has 28 heavy (non-hydrogen) atoms. The van der Waals surface area contributed by atoms with Gasteiger partial charge in [-0.25, -0.2) is 4.98 Å². The van der Waals surface area contributed by atoms with Gasteiger partial charge in [-0.15, -0.1) is 0 Å². The molecule has 0 saturated heterocycles. The summed E-state index contributed by atoms with van der Waals surface area (Å²) in [7, 11) is 0. The fourth-order valence-electron chi connectivity index (χ4n) is 4.55. The van der Waals surface area contributed by atoms with Crippen LogP contribution in [0.2, 0.25) is 0 Å². The number of hydrogen-bond donors (Lipinski definition) is 0. The van der Waals surface area contributed by atoms with E-state index in [2.05, 4.69) is 29.3 Å². The molecule has 1 aliphatic carbocycles. The normalized spacial score (nSPS) is 25.2. The molecule has 2 aromatic rings. The van der Waals surface area contributed by atoms with Gasteiger partial charge in [0, 0.05) is 12.0 Å². The Kier molecular flexibility index (Phi) is 3.72. The summed E-state index contributed by atoms with van der Waals surface area (Å²) in [4.78, 5) is 29.7. The van der Waals surface area contributed by atoms with Gasteiger partial charge in [-0.2, -0.15) is 0 Å². The Labute approximate surface area is 161 Å². The molecule has 3 atom stereocenters. The van der Waals surface area contributed by atoms with Crippen molar-refractivity contribution in [3.63, 3.8) is 0 Å². The molecule has 0 amide bonds. The van der Waals surface area contributed by atoms with Crippen molar-refractivity contribution in [3.05, 3.63) is 99.8 Å². The molecule has 138 valence electrons. The van der Waals surface area contributed by atoms with Crippen molar-refractivity contribution >= 4 is 17.3 Å². The molecule has 5 rings (SSSR count). The Morgan fingerprint density at radius 1 is 1.11 bits per heavy atom. The fraction of sp³-hybridized carbons (Fsp3) is 0.182. The summed E-state index contributed by atoms with van der Waals surface area (Å²) < 4.78 is 0. The van der Waals surface area contributed by atoms with Gasteiger partial charge >= 0.3 is 0 Å². The van der Waals surface area contributed by atoms with Gasteiger partial charge in [-0.05, 0) is 35.3 Å². The van der Waals surface area contributed by atoms with Crippen LogP contribution in [-0.2, 0) is 4.79 Å². The van der Waals surface area contributed by atoms with E-state index < -0.39 is 11.0 Å². The summed E-state index contributed by atoms with van der Waals surface area (Å²) in [5.74, 6) is 0.685. The number of aromatic nitrogens is 1. The Bertz CT molecular complexity index is 1050. The minimum Gasteiger partial charge on any atom is -0.335 e. The van der Waals surface area contributed by atoms with Gasteiger partial charge < -0.3 is 4.90 Å². The lowest BCUT2D eigenvalue weighted by Gasteiger charge is -2.48. The van der Waals surface area contributed by atoms with Gasteiger partial charge in [0.25, 0.3) is 5.69 Å². The number of nitro groups is 1. The lowest BCUT2D eigenvalue weighted by molar-refractivity contribution is -0.385. The van der Waals surface area contributed by atoms with Crippen LogP contribution in [0.5, 0.6) is 0 Å². The van der Waals surface area contributed by atoms with Crippen molar-refractivity contribution < 1.29 is 9.72 Å². The molecule has 3 heterocycles. The van der Waals surface area contributed by atoms with Crippen molar-refractivity contribution in [1.82, 2.24) is 4.98 Å². The first-order valence-corrected chi connectivity index (χ1v) is 9.20. The quantitative estimate of drug-likeness (QED) is 0.607. The Morgan fingerprint density at radius 2 is 1.93 bits per heavy atom. The molecular weight excluding hydrogens is 354 g/mol. The minimum absolute atomic E-state index is 0.0270. The standard InChI is InChI=1S/C22H17N3O3/c26-19-11-10-18-21(14-5-2-1-3-6-14)16-7-4-8-17(16)22(19)24(18)20-12-9-15(13-23-20)25(27)28/h1-7,9-13,18,21-22H,8H2. The molecule has 6 nitrogen and oxygen atoms in total. The largest absolute Gasteiger partial charge is 0.335 e. The van der Waals surface area contributed by atoms with Crippen LogP contribution in [0.3, 0.4) is 0 Å². The lowest BCUT2D eigenvalue weighted by atomic mass is 9.74. The molecule has 3 unspecified atom stereocenters. The first-order chi connectivity index (χ1) is 13.6. The average Bonchev–Trinajstić information content (AvgIpc) is 3.19. The molecule has 0 fully saturated rings. The van der Waals surface area contributed by atoms with E-state index in [-0.39, 0.29) is 23.4 Å². The van der Waals surface area contributed by atoms with E-state index in [1.165, 1.54) is 23.4 Å². The maximum absolute atomic E-state index is 12.8. The molecule has 1 aromatic heterocycles. The molecule has 3 aliphatic rings. The number of carbonyl (C=O) groups is 1. The van der Waals surface area contributed by atoms with Crippen LogP contribution in [0.1, 0.15) is 17.9 Å². The van der Waals surface area contributed by atoms with E-state index in [0.29, 0.717) is 5.82 Å². The Balaban J connectivity index is 1.67. The van der Waals surface area contributed by atoms with Gasteiger partial charge in [0.05, 0.1) is 11.0 Å². The van der Waals surface area contributed by atoms with Crippen molar-refractivity contribution in [2.75, 3.05) is 4.90 Å². The summed E-state index contributed by atoms with van der Waals surface area (Å²) in [6.45, 7) is 0. The number of rotatable bonds is 3. The third-order valence-corrected chi connectivity index (χ3v) is 5.71. The third-order valence-electron chi connectivity index (χ3n) is 5.71. The monoisotopic (exact) mass is 371 g/mol. The molecule has 6 heteroatoms. The number of nitrogens with zero attached hydrogens (tertiary/aromatic N) is 3. The van der Waals surface area contributed by atoms with Crippen LogP contribution in [0.15, 0.2) is 84.1 Å². The number of hydrogen-bond acceptors (Lipinski definition) is 5. The maximum atomic E-state index is 12.8. The number of allylic oxidation sites excluding steroid dienone is 2. The molecule has 0 spiro atoms. The van der Waals surface area contributed by atoms with Gasteiger partial charge in [-0.3, -0.25) is 14.9 Å². The number of fused-ring (bicyclic) bond motifs is 3. The molecule has 0 N–H and O–H groups in total. The highest BCUT2D eigenvalue weighted by Crippen LogP contribution is 2.47. The predicted octanol–water partition coefficient (Wildman–Crippen LogP) is 3.73. The van der Waals surface area contributed by atoms with Gasteiger partial charge in [0.15, 0.2) is 5.78 Å². The van der Waals surface area contributed by atoms with E-state index in [9.17, 15) is 14.9 Å².